The van der Waals surface area contributed by atoms with Crippen LogP contribution in [-0.2, 0) is 4.79 Å². The molecule has 1 saturated carbocycles. The van der Waals surface area contributed by atoms with E-state index in [-0.39, 0.29) is 17.7 Å². The van der Waals surface area contributed by atoms with Crippen LogP contribution in [0.25, 0.3) is 0 Å². The highest BCUT2D eigenvalue weighted by molar-refractivity contribution is 6.02. The van der Waals surface area contributed by atoms with Crippen LogP contribution in [0.3, 0.4) is 0 Å². The standard InChI is InChI=1S/C17H24N2O/c1-13(2)16(14-9-5-3-6-10-14)18-19-17(20)15-11-7-4-8-12-15/h3,5-6,9-10,13,15H,4,7-8,11-12H2,1-2H3,(H,19,20)/b18-16+. The molecular weight excluding hydrogens is 248 g/mol. The Balaban J connectivity index is 2.04. The molecule has 0 aliphatic heterocycles. The van der Waals surface area contributed by atoms with Crippen LogP contribution in [0, 0.1) is 11.8 Å². The number of rotatable bonds is 4. The summed E-state index contributed by atoms with van der Waals surface area (Å²) < 4.78 is 0. The molecule has 108 valence electrons. The molecule has 0 radical (unpaired) electrons. The van der Waals surface area contributed by atoms with Gasteiger partial charge in [-0.15, -0.1) is 0 Å². The van der Waals surface area contributed by atoms with Gasteiger partial charge in [0.1, 0.15) is 0 Å². The van der Waals surface area contributed by atoms with Crippen LogP contribution >= 0.6 is 0 Å². The Hall–Kier alpha value is -1.64. The molecule has 0 heterocycles. The van der Waals surface area contributed by atoms with Crippen LogP contribution < -0.4 is 5.43 Å². The summed E-state index contributed by atoms with van der Waals surface area (Å²) in [5, 5.41) is 4.39. The minimum atomic E-state index is 0.0822. The Morgan fingerprint density at radius 2 is 1.80 bits per heavy atom. The minimum absolute atomic E-state index is 0.0822. The van der Waals surface area contributed by atoms with Gasteiger partial charge in [-0.05, 0) is 24.3 Å². The van der Waals surface area contributed by atoms with E-state index in [2.05, 4.69) is 24.4 Å². The van der Waals surface area contributed by atoms with Gasteiger partial charge in [-0.25, -0.2) is 5.43 Å². The topological polar surface area (TPSA) is 41.5 Å². The van der Waals surface area contributed by atoms with Crippen LogP contribution in [0.2, 0.25) is 0 Å². The number of hydrogen-bond acceptors (Lipinski definition) is 2. The number of carbonyl (C=O) groups excluding carboxylic acids is 1. The molecule has 3 nitrogen and oxygen atoms in total. The van der Waals surface area contributed by atoms with Gasteiger partial charge in [0.25, 0.3) is 0 Å². The molecule has 0 aromatic heterocycles. The first-order chi connectivity index (χ1) is 9.68. The van der Waals surface area contributed by atoms with Crippen molar-refractivity contribution in [1.82, 2.24) is 5.43 Å². The predicted molar refractivity (Wildman–Crippen MR) is 82.5 cm³/mol. The Bertz CT molecular complexity index is 459. The number of amides is 1. The van der Waals surface area contributed by atoms with E-state index in [0.29, 0.717) is 0 Å². The lowest BCUT2D eigenvalue weighted by molar-refractivity contribution is -0.125. The smallest absolute Gasteiger partial charge is 0.243 e. The van der Waals surface area contributed by atoms with Crippen molar-refractivity contribution < 1.29 is 4.79 Å². The van der Waals surface area contributed by atoms with Crippen molar-refractivity contribution >= 4 is 11.6 Å². The maximum absolute atomic E-state index is 12.1. The largest absolute Gasteiger partial charge is 0.273 e. The summed E-state index contributed by atoms with van der Waals surface area (Å²) in [7, 11) is 0. The number of nitrogens with zero attached hydrogens (tertiary/aromatic N) is 1. The van der Waals surface area contributed by atoms with Crippen molar-refractivity contribution in [1.29, 1.82) is 0 Å². The fraction of sp³-hybridized carbons (Fsp3) is 0.529. The third-order valence-corrected chi connectivity index (χ3v) is 3.88. The Labute approximate surface area is 121 Å². The Morgan fingerprint density at radius 3 is 2.40 bits per heavy atom. The van der Waals surface area contributed by atoms with E-state index >= 15 is 0 Å². The van der Waals surface area contributed by atoms with Gasteiger partial charge >= 0.3 is 0 Å². The summed E-state index contributed by atoms with van der Waals surface area (Å²) in [5.41, 5.74) is 4.80. The maximum atomic E-state index is 12.1. The number of hydrogen-bond donors (Lipinski definition) is 1. The van der Waals surface area contributed by atoms with E-state index in [0.717, 1.165) is 37.0 Å². The fourth-order valence-electron chi connectivity index (χ4n) is 2.71. The molecule has 0 bridgehead atoms. The van der Waals surface area contributed by atoms with Crippen LogP contribution in [0.1, 0.15) is 51.5 Å². The van der Waals surface area contributed by atoms with E-state index in [1.54, 1.807) is 0 Å². The molecule has 1 aliphatic rings. The van der Waals surface area contributed by atoms with E-state index in [1.165, 1.54) is 6.42 Å². The average Bonchev–Trinajstić information content (AvgIpc) is 2.49. The van der Waals surface area contributed by atoms with Crippen molar-refractivity contribution in [3.8, 4) is 0 Å². The van der Waals surface area contributed by atoms with E-state index in [4.69, 9.17) is 0 Å². The molecule has 0 unspecified atom stereocenters. The summed E-state index contributed by atoms with van der Waals surface area (Å²) in [6, 6.07) is 10.0. The number of carbonyl (C=O) groups is 1. The van der Waals surface area contributed by atoms with Gasteiger partial charge in [-0.3, -0.25) is 4.79 Å². The van der Waals surface area contributed by atoms with Crippen molar-refractivity contribution in [2.24, 2.45) is 16.9 Å². The molecule has 0 atom stereocenters. The van der Waals surface area contributed by atoms with E-state index in [1.807, 2.05) is 30.3 Å². The van der Waals surface area contributed by atoms with Crippen LogP contribution in [0.5, 0.6) is 0 Å². The monoisotopic (exact) mass is 272 g/mol. The molecule has 1 aliphatic carbocycles. The zero-order chi connectivity index (χ0) is 14.4. The fourth-order valence-corrected chi connectivity index (χ4v) is 2.71. The molecule has 0 saturated heterocycles. The maximum Gasteiger partial charge on any atom is 0.243 e. The lowest BCUT2D eigenvalue weighted by atomic mass is 9.89. The number of benzene rings is 1. The third kappa shape index (κ3) is 3.92. The van der Waals surface area contributed by atoms with Crippen LogP contribution in [-0.4, -0.2) is 11.6 Å². The van der Waals surface area contributed by atoms with Gasteiger partial charge < -0.3 is 0 Å². The molecular formula is C17H24N2O. The molecule has 1 aromatic carbocycles. The molecule has 1 N–H and O–H groups in total. The van der Waals surface area contributed by atoms with Crippen molar-refractivity contribution in [3.63, 3.8) is 0 Å². The SMILES string of the molecule is CC(C)/C(=N\NC(=O)C1CCCCC1)c1ccccc1. The first-order valence-corrected chi connectivity index (χ1v) is 7.61. The predicted octanol–water partition coefficient (Wildman–Crippen LogP) is 3.74. The minimum Gasteiger partial charge on any atom is -0.273 e. The quantitative estimate of drug-likeness (QED) is 0.658. The number of nitrogens with one attached hydrogen (secondary N) is 1. The molecule has 3 heteroatoms. The highest BCUT2D eigenvalue weighted by atomic mass is 16.2. The molecule has 0 spiro atoms. The summed E-state index contributed by atoms with van der Waals surface area (Å²) in [5.74, 6) is 0.513. The van der Waals surface area contributed by atoms with E-state index in [9.17, 15) is 4.79 Å². The van der Waals surface area contributed by atoms with E-state index < -0.39 is 0 Å². The highest BCUT2D eigenvalue weighted by Gasteiger charge is 2.21. The Morgan fingerprint density at radius 1 is 1.15 bits per heavy atom. The molecule has 1 fully saturated rings. The van der Waals surface area contributed by atoms with Gasteiger partial charge in [-0.2, -0.15) is 5.10 Å². The van der Waals surface area contributed by atoms with Gasteiger partial charge in [-0.1, -0.05) is 63.4 Å². The van der Waals surface area contributed by atoms with Crippen LogP contribution in [0.15, 0.2) is 35.4 Å². The second-order valence-electron chi connectivity index (χ2n) is 5.83. The molecule has 20 heavy (non-hydrogen) atoms. The van der Waals surface area contributed by atoms with Gasteiger partial charge in [0.15, 0.2) is 0 Å². The summed E-state index contributed by atoms with van der Waals surface area (Å²) >= 11 is 0. The number of hydrazone groups is 1. The molecule has 1 amide bonds. The summed E-state index contributed by atoms with van der Waals surface area (Å²) in [4.78, 5) is 12.1. The second kappa shape index (κ2) is 7.22. The Kier molecular flexibility index (Phi) is 5.33. The van der Waals surface area contributed by atoms with Crippen molar-refractivity contribution in [2.45, 2.75) is 46.0 Å². The molecule has 1 aromatic rings. The summed E-state index contributed by atoms with van der Waals surface area (Å²) in [6.07, 6.45) is 5.59. The normalized spacial score (nSPS) is 17.2. The lowest BCUT2D eigenvalue weighted by Gasteiger charge is -2.20. The first-order valence-electron chi connectivity index (χ1n) is 7.61. The van der Waals surface area contributed by atoms with Crippen molar-refractivity contribution in [3.05, 3.63) is 35.9 Å². The van der Waals surface area contributed by atoms with Crippen molar-refractivity contribution in [2.75, 3.05) is 0 Å². The first kappa shape index (κ1) is 14.8. The second-order valence-corrected chi connectivity index (χ2v) is 5.83. The summed E-state index contributed by atoms with van der Waals surface area (Å²) in [6.45, 7) is 4.19. The molecule has 2 rings (SSSR count). The van der Waals surface area contributed by atoms with Gasteiger partial charge in [0.05, 0.1) is 5.71 Å². The van der Waals surface area contributed by atoms with Crippen LogP contribution in [0.4, 0.5) is 0 Å². The lowest BCUT2D eigenvalue weighted by Crippen LogP contribution is -2.30. The average molecular weight is 272 g/mol. The van der Waals surface area contributed by atoms with Gasteiger partial charge in [0.2, 0.25) is 5.91 Å². The zero-order valence-electron chi connectivity index (χ0n) is 12.4. The van der Waals surface area contributed by atoms with Gasteiger partial charge in [0, 0.05) is 5.92 Å². The highest BCUT2D eigenvalue weighted by Crippen LogP contribution is 2.23. The third-order valence-electron chi connectivity index (χ3n) is 3.88. The zero-order valence-corrected chi connectivity index (χ0v) is 12.4.